The van der Waals surface area contributed by atoms with E-state index >= 15 is 0 Å². The van der Waals surface area contributed by atoms with Crippen LogP contribution in [-0.4, -0.2) is 50.2 Å². The Morgan fingerprint density at radius 1 is 1.14 bits per heavy atom. The Balaban J connectivity index is 1.37. The lowest BCUT2D eigenvalue weighted by atomic mass is 10.1. The number of aromatic amines is 1. The number of carbonyl (C=O) groups excluding carboxylic acids is 2. The average molecular weight is 507 g/mol. The molecule has 0 unspecified atom stereocenters. The number of fused-ring (bicyclic) bond motifs is 2. The summed E-state index contributed by atoms with van der Waals surface area (Å²) in [5.41, 5.74) is 8.41. The first-order chi connectivity index (χ1) is 16.9. The molecule has 1 aliphatic rings. The van der Waals surface area contributed by atoms with Gasteiger partial charge in [0.15, 0.2) is 10.9 Å². The van der Waals surface area contributed by atoms with Crippen LogP contribution in [0.3, 0.4) is 0 Å². The highest BCUT2D eigenvalue weighted by atomic mass is 35.5. The summed E-state index contributed by atoms with van der Waals surface area (Å²) in [5, 5.41) is 11.3. The normalized spacial score (nSPS) is 12.8. The third-order valence-corrected chi connectivity index (χ3v) is 5.98. The summed E-state index contributed by atoms with van der Waals surface area (Å²) in [6.07, 6.45) is 2.09. The number of thiocarbonyl (C=S) groups is 1. The predicted octanol–water partition coefficient (Wildman–Crippen LogP) is 4.00. The summed E-state index contributed by atoms with van der Waals surface area (Å²) >= 11 is 11.3. The number of amides is 2. The number of carbonyl (C=O) groups is 2. The number of imide groups is 1. The van der Waals surface area contributed by atoms with Crippen LogP contribution >= 0.6 is 23.8 Å². The minimum atomic E-state index is -0.290. The molecule has 2 aromatic carbocycles. The molecule has 11 heteroatoms. The van der Waals surface area contributed by atoms with Gasteiger partial charge in [0.1, 0.15) is 11.3 Å². The number of H-pyrrole nitrogens is 1. The summed E-state index contributed by atoms with van der Waals surface area (Å²) in [7, 11) is 0. The SMILES string of the molecule is NC(=S)Nc1n[nH]c2c(OCCCN3C(=O)c4ccccc4C3=O)cc(-c3ncccc3Cl)cc12. The van der Waals surface area contributed by atoms with Gasteiger partial charge in [0, 0.05) is 23.7 Å². The van der Waals surface area contributed by atoms with E-state index in [0.717, 1.165) is 0 Å². The Morgan fingerprint density at radius 2 is 1.89 bits per heavy atom. The smallest absolute Gasteiger partial charge is 0.261 e. The van der Waals surface area contributed by atoms with Gasteiger partial charge < -0.3 is 15.8 Å². The molecule has 5 rings (SSSR count). The summed E-state index contributed by atoms with van der Waals surface area (Å²) < 4.78 is 6.06. The van der Waals surface area contributed by atoms with Gasteiger partial charge >= 0.3 is 0 Å². The van der Waals surface area contributed by atoms with Gasteiger partial charge in [-0.2, -0.15) is 5.10 Å². The molecule has 0 atom stereocenters. The molecule has 0 saturated heterocycles. The van der Waals surface area contributed by atoms with Crippen LogP contribution in [0.4, 0.5) is 5.82 Å². The van der Waals surface area contributed by atoms with E-state index in [9.17, 15) is 9.59 Å². The fourth-order valence-electron chi connectivity index (χ4n) is 4.00. The molecule has 0 radical (unpaired) electrons. The highest BCUT2D eigenvalue weighted by Crippen LogP contribution is 2.36. The molecule has 0 bridgehead atoms. The topological polar surface area (TPSA) is 126 Å². The third-order valence-electron chi connectivity index (χ3n) is 5.57. The fourth-order valence-corrected chi connectivity index (χ4v) is 4.32. The van der Waals surface area contributed by atoms with E-state index in [4.69, 9.17) is 34.3 Å². The van der Waals surface area contributed by atoms with Crippen LogP contribution in [0.1, 0.15) is 27.1 Å². The van der Waals surface area contributed by atoms with E-state index in [-0.39, 0.29) is 30.1 Å². The second-order valence-electron chi connectivity index (χ2n) is 7.80. The van der Waals surface area contributed by atoms with Crippen molar-refractivity contribution in [3.8, 4) is 17.0 Å². The molecular formula is C24H19ClN6O3S. The fraction of sp³-hybridized carbons (Fsp3) is 0.125. The van der Waals surface area contributed by atoms with Gasteiger partial charge in [-0.05, 0) is 55.0 Å². The number of anilines is 1. The molecule has 0 spiro atoms. The Kier molecular flexibility index (Phi) is 6.06. The van der Waals surface area contributed by atoms with Crippen LogP contribution < -0.4 is 15.8 Å². The van der Waals surface area contributed by atoms with Gasteiger partial charge in [0.2, 0.25) is 0 Å². The number of hydrogen-bond acceptors (Lipinski definition) is 6. The molecule has 4 aromatic rings. The zero-order valence-electron chi connectivity index (χ0n) is 18.2. The maximum absolute atomic E-state index is 12.6. The molecule has 176 valence electrons. The number of nitrogens with two attached hydrogens (primary N) is 1. The first-order valence-corrected chi connectivity index (χ1v) is 11.5. The standard InChI is InChI=1S/C24H19ClN6O3S/c25-17-7-3-8-27-19(17)13-11-16-20(29-30-21(16)28-24(26)35)18(12-13)34-10-4-9-31-22(32)14-5-1-2-6-15(14)23(31)33/h1-3,5-8,11-12H,4,9-10H2,(H4,26,28,29,30,35). The quantitative estimate of drug-likeness (QED) is 0.195. The van der Waals surface area contributed by atoms with Crippen molar-refractivity contribution in [2.45, 2.75) is 6.42 Å². The minimum absolute atomic E-state index is 0.0723. The summed E-state index contributed by atoms with van der Waals surface area (Å²) in [6, 6.07) is 14.0. The monoisotopic (exact) mass is 506 g/mol. The number of rotatable bonds is 7. The molecule has 9 nitrogen and oxygen atoms in total. The van der Waals surface area contributed by atoms with Crippen LogP contribution in [-0.2, 0) is 0 Å². The largest absolute Gasteiger partial charge is 0.491 e. The van der Waals surface area contributed by atoms with E-state index in [1.165, 1.54) is 4.90 Å². The van der Waals surface area contributed by atoms with Crippen LogP contribution in [0.15, 0.2) is 54.7 Å². The number of ether oxygens (including phenoxy) is 1. The van der Waals surface area contributed by atoms with E-state index in [1.807, 2.05) is 6.07 Å². The molecule has 0 saturated carbocycles. The van der Waals surface area contributed by atoms with E-state index in [2.05, 4.69) is 20.5 Å². The molecule has 1 aliphatic heterocycles. The highest BCUT2D eigenvalue weighted by Gasteiger charge is 2.34. The van der Waals surface area contributed by atoms with Crippen molar-refractivity contribution in [3.05, 3.63) is 70.9 Å². The van der Waals surface area contributed by atoms with Crippen LogP contribution in [0, 0.1) is 0 Å². The maximum Gasteiger partial charge on any atom is 0.261 e. The number of nitrogens with zero attached hydrogens (tertiary/aromatic N) is 3. The number of halogens is 1. The molecule has 0 fully saturated rings. The predicted molar refractivity (Wildman–Crippen MR) is 137 cm³/mol. The number of hydrogen-bond donors (Lipinski definition) is 3. The number of pyridine rings is 1. The minimum Gasteiger partial charge on any atom is -0.491 e. The lowest BCUT2D eigenvalue weighted by molar-refractivity contribution is 0.0647. The Bertz CT molecular complexity index is 1450. The molecule has 4 N–H and O–H groups in total. The summed E-state index contributed by atoms with van der Waals surface area (Å²) in [5.74, 6) is 0.367. The Labute approximate surface area is 210 Å². The Hall–Kier alpha value is -4.02. The van der Waals surface area contributed by atoms with E-state index < -0.39 is 0 Å². The van der Waals surface area contributed by atoms with Gasteiger partial charge in [-0.1, -0.05) is 23.7 Å². The molecule has 2 aromatic heterocycles. The molecular weight excluding hydrogens is 488 g/mol. The number of benzene rings is 2. The Morgan fingerprint density at radius 3 is 2.57 bits per heavy atom. The number of aromatic nitrogens is 3. The van der Waals surface area contributed by atoms with Crippen molar-refractivity contribution in [2.24, 2.45) is 5.73 Å². The molecule has 35 heavy (non-hydrogen) atoms. The molecule has 2 amide bonds. The van der Waals surface area contributed by atoms with Crippen LogP contribution in [0.25, 0.3) is 22.2 Å². The lowest BCUT2D eigenvalue weighted by Gasteiger charge is -2.15. The lowest BCUT2D eigenvalue weighted by Crippen LogP contribution is -2.31. The highest BCUT2D eigenvalue weighted by molar-refractivity contribution is 7.80. The first-order valence-electron chi connectivity index (χ1n) is 10.7. The zero-order valence-corrected chi connectivity index (χ0v) is 19.8. The van der Waals surface area contributed by atoms with Gasteiger partial charge in [0.05, 0.1) is 28.5 Å². The van der Waals surface area contributed by atoms with Gasteiger partial charge in [-0.25, -0.2) is 0 Å². The van der Waals surface area contributed by atoms with E-state index in [1.54, 1.807) is 48.7 Å². The zero-order chi connectivity index (χ0) is 24.5. The van der Waals surface area contributed by atoms with Crippen molar-refractivity contribution in [1.29, 1.82) is 0 Å². The van der Waals surface area contributed by atoms with Crippen molar-refractivity contribution in [1.82, 2.24) is 20.1 Å². The van der Waals surface area contributed by atoms with Crippen molar-refractivity contribution in [3.63, 3.8) is 0 Å². The van der Waals surface area contributed by atoms with E-state index in [0.29, 0.717) is 56.3 Å². The summed E-state index contributed by atoms with van der Waals surface area (Å²) in [4.78, 5) is 30.8. The third kappa shape index (κ3) is 4.29. The molecule has 3 heterocycles. The first kappa shape index (κ1) is 22.8. The van der Waals surface area contributed by atoms with Crippen LogP contribution in [0.5, 0.6) is 5.75 Å². The van der Waals surface area contributed by atoms with Crippen molar-refractivity contribution < 1.29 is 14.3 Å². The van der Waals surface area contributed by atoms with Crippen LogP contribution in [0.2, 0.25) is 5.02 Å². The maximum atomic E-state index is 12.6. The van der Waals surface area contributed by atoms with Gasteiger partial charge in [0.25, 0.3) is 11.8 Å². The van der Waals surface area contributed by atoms with Gasteiger partial charge in [-0.3, -0.25) is 24.6 Å². The number of nitrogens with one attached hydrogen (secondary N) is 2. The molecule has 0 aliphatic carbocycles. The second kappa shape index (κ2) is 9.32. The second-order valence-corrected chi connectivity index (χ2v) is 8.65. The van der Waals surface area contributed by atoms with Gasteiger partial charge in [-0.15, -0.1) is 0 Å². The summed E-state index contributed by atoms with van der Waals surface area (Å²) in [6.45, 7) is 0.484. The van der Waals surface area contributed by atoms with Crippen molar-refractivity contribution >= 4 is 57.5 Å². The van der Waals surface area contributed by atoms with Crippen molar-refractivity contribution in [2.75, 3.05) is 18.5 Å². The average Bonchev–Trinajstić information content (AvgIpc) is 3.35.